The van der Waals surface area contributed by atoms with Crippen LogP contribution in [-0.4, -0.2) is 15.3 Å². The molecule has 2 aromatic carbocycles. The van der Waals surface area contributed by atoms with Gasteiger partial charge >= 0.3 is 0 Å². The predicted octanol–water partition coefficient (Wildman–Crippen LogP) is 3.52. The van der Waals surface area contributed by atoms with Gasteiger partial charge in [-0.15, -0.1) is 0 Å². The number of rotatable bonds is 2. The summed E-state index contributed by atoms with van der Waals surface area (Å²) in [6.45, 7) is 0. The molecule has 0 saturated carbocycles. The molecule has 0 radical (unpaired) electrons. The summed E-state index contributed by atoms with van der Waals surface area (Å²) in [5.41, 5.74) is 3.20. The van der Waals surface area contributed by atoms with Gasteiger partial charge in [-0.25, -0.2) is 4.99 Å². The van der Waals surface area contributed by atoms with Crippen LogP contribution in [0, 0.1) is 0 Å². The maximum atomic E-state index is 13.6. The molecule has 32 heavy (non-hydrogen) atoms. The van der Waals surface area contributed by atoms with Crippen LogP contribution < -0.4 is 14.9 Å². The van der Waals surface area contributed by atoms with Crippen molar-refractivity contribution in [2.24, 2.45) is 4.99 Å². The van der Waals surface area contributed by atoms with E-state index in [0.29, 0.717) is 21.3 Å². The first-order valence-corrected chi connectivity index (χ1v) is 11.5. The van der Waals surface area contributed by atoms with E-state index in [1.807, 2.05) is 42.5 Å². The molecule has 1 atom stereocenters. The molecule has 6 rings (SSSR count). The molecule has 0 amide bonds. The molecule has 1 aliphatic heterocycles. The third-order valence-electron chi connectivity index (χ3n) is 6.13. The van der Waals surface area contributed by atoms with Crippen molar-refractivity contribution in [2.75, 3.05) is 0 Å². The van der Waals surface area contributed by atoms with E-state index in [9.17, 15) is 9.59 Å². The van der Waals surface area contributed by atoms with Gasteiger partial charge < -0.3 is 0 Å². The summed E-state index contributed by atoms with van der Waals surface area (Å²) in [7, 11) is 0. The van der Waals surface area contributed by atoms with E-state index >= 15 is 0 Å². The molecule has 2 aliphatic rings. The lowest BCUT2D eigenvalue weighted by Crippen LogP contribution is -2.40. The molecule has 2 aromatic heterocycles. The lowest BCUT2D eigenvalue weighted by atomic mass is 9.84. The Hall–Kier alpha value is -3.64. The first-order valence-electron chi connectivity index (χ1n) is 10.7. The Balaban J connectivity index is 1.67. The van der Waals surface area contributed by atoms with Crippen LogP contribution in [0.2, 0.25) is 0 Å². The van der Waals surface area contributed by atoms with E-state index in [2.05, 4.69) is 23.2 Å². The number of aromatic nitrogens is 2. The summed E-state index contributed by atoms with van der Waals surface area (Å²) in [4.78, 5) is 36.4. The largest absolute Gasteiger partial charge is 0.294 e. The Morgan fingerprint density at radius 3 is 2.75 bits per heavy atom. The molecule has 0 N–H and O–H groups in total. The highest BCUT2D eigenvalue weighted by molar-refractivity contribution is 7.07. The molecular formula is C26H19N3O2S. The average Bonchev–Trinajstić information content (AvgIpc) is 3.13. The normalized spacial score (nSPS) is 18.4. The third kappa shape index (κ3) is 2.99. The van der Waals surface area contributed by atoms with Crippen LogP contribution in [0.25, 0.3) is 16.8 Å². The second-order valence-electron chi connectivity index (χ2n) is 8.07. The zero-order valence-corrected chi connectivity index (χ0v) is 18.0. The molecule has 0 spiro atoms. The highest BCUT2D eigenvalue weighted by Gasteiger charge is 2.35. The van der Waals surface area contributed by atoms with Crippen LogP contribution in [0.3, 0.4) is 0 Å². The van der Waals surface area contributed by atoms with Crippen molar-refractivity contribution >= 4 is 34.0 Å². The van der Waals surface area contributed by atoms with Gasteiger partial charge in [-0.1, -0.05) is 59.9 Å². The van der Waals surface area contributed by atoms with Crippen LogP contribution in [-0.2, 0) is 4.79 Å². The number of hydrogen-bond donors (Lipinski definition) is 0. The zero-order chi connectivity index (χ0) is 21.7. The number of nitrogens with zero attached hydrogens (tertiary/aromatic N) is 3. The Bertz CT molecular complexity index is 1590. The van der Waals surface area contributed by atoms with E-state index in [0.717, 1.165) is 40.4 Å². The van der Waals surface area contributed by atoms with Crippen molar-refractivity contribution in [1.29, 1.82) is 0 Å². The van der Waals surface area contributed by atoms with E-state index in [1.165, 1.54) is 11.3 Å². The fourth-order valence-electron chi connectivity index (χ4n) is 4.71. The van der Waals surface area contributed by atoms with Crippen LogP contribution in [0.4, 0.5) is 0 Å². The van der Waals surface area contributed by atoms with Gasteiger partial charge in [0.25, 0.3) is 5.56 Å². The molecule has 1 unspecified atom stereocenters. The van der Waals surface area contributed by atoms with E-state index in [4.69, 9.17) is 4.99 Å². The maximum absolute atomic E-state index is 13.6. The summed E-state index contributed by atoms with van der Waals surface area (Å²) in [6, 6.07) is 17.5. The molecule has 0 saturated heterocycles. The highest BCUT2D eigenvalue weighted by Crippen LogP contribution is 2.38. The van der Waals surface area contributed by atoms with Crippen molar-refractivity contribution in [2.45, 2.75) is 25.3 Å². The molecule has 156 valence electrons. The lowest BCUT2D eigenvalue weighted by molar-refractivity contribution is -0.116. The minimum absolute atomic E-state index is 0.0921. The van der Waals surface area contributed by atoms with E-state index < -0.39 is 6.04 Å². The maximum Gasteiger partial charge on any atom is 0.271 e. The minimum atomic E-state index is -0.462. The third-order valence-corrected chi connectivity index (χ3v) is 7.11. The molecule has 5 nitrogen and oxygen atoms in total. The highest BCUT2D eigenvalue weighted by atomic mass is 32.1. The molecule has 0 bridgehead atoms. The van der Waals surface area contributed by atoms with Crippen molar-refractivity contribution in [3.8, 4) is 0 Å². The molecule has 3 heterocycles. The lowest BCUT2D eigenvalue weighted by Gasteiger charge is -2.29. The number of carbonyl (C=O) groups is 1. The quantitative estimate of drug-likeness (QED) is 0.482. The first-order chi connectivity index (χ1) is 15.7. The second-order valence-corrected chi connectivity index (χ2v) is 9.08. The monoisotopic (exact) mass is 437 g/mol. The standard InChI is InChI=1S/C26H19N3O2S/c30-21-12-4-11-20-23(21)24(19-10-3-8-17-7-1-2-9-18(17)19)29-25(31)22(32-26(29)28-20)14-16-6-5-13-27-15-16/h1-3,5-10,13-15,24H,4,11-12H2. The van der Waals surface area contributed by atoms with Gasteiger partial charge in [-0.05, 0) is 46.9 Å². The predicted molar refractivity (Wildman–Crippen MR) is 125 cm³/mol. The van der Waals surface area contributed by atoms with Gasteiger partial charge in [-0.2, -0.15) is 0 Å². The van der Waals surface area contributed by atoms with Crippen LogP contribution in [0.5, 0.6) is 0 Å². The number of benzene rings is 2. The van der Waals surface area contributed by atoms with Gasteiger partial charge in [0.2, 0.25) is 0 Å². The average molecular weight is 438 g/mol. The molecule has 0 fully saturated rings. The number of fused-ring (bicyclic) bond motifs is 2. The number of allylic oxidation sites excluding steroid dienone is 2. The Labute approximate surface area is 187 Å². The van der Waals surface area contributed by atoms with Gasteiger partial charge in [0, 0.05) is 24.4 Å². The van der Waals surface area contributed by atoms with E-state index in [1.54, 1.807) is 17.0 Å². The van der Waals surface area contributed by atoms with Gasteiger partial charge in [0.15, 0.2) is 10.6 Å². The van der Waals surface area contributed by atoms with Crippen LogP contribution in [0.1, 0.15) is 36.4 Å². The fraction of sp³-hybridized carbons (Fsp3) is 0.154. The molecule has 4 aromatic rings. The Morgan fingerprint density at radius 2 is 1.88 bits per heavy atom. The Morgan fingerprint density at radius 1 is 1.00 bits per heavy atom. The number of thiazole rings is 1. The van der Waals surface area contributed by atoms with Crippen molar-refractivity contribution in [3.05, 3.63) is 109 Å². The van der Waals surface area contributed by atoms with Crippen molar-refractivity contribution < 1.29 is 4.79 Å². The summed E-state index contributed by atoms with van der Waals surface area (Å²) >= 11 is 1.37. The first kappa shape index (κ1) is 19.1. The van der Waals surface area contributed by atoms with Gasteiger partial charge in [-0.3, -0.25) is 19.1 Å². The van der Waals surface area contributed by atoms with Gasteiger partial charge in [0.1, 0.15) is 0 Å². The number of ketones is 1. The summed E-state index contributed by atoms with van der Waals surface area (Å²) in [6.07, 6.45) is 7.35. The smallest absolute Gasteiger partial charge is 0.271 e. The van der Waals surface area contributed by atoms with E-state index in [-0.39, 0.29) is 11.3 Å². The minimum Gasteiger partial charge on any atom is -0.294 e. The summed E-state index contributed by atoms with van der Waals surface area (Å²) < 4.78 is 2.31. The van der Waals surface area contributed by atoms with Crippen LogP contribution in [0.15, 0.2) is 88.0 Å². The second kappa shape index (κ2) is 7.50. The Kier molecular flexibility index (Phi) is 4.47. The number of carbonyl (C=O) groups excluding carboxylic acids is 1. The zero-order valence-electron chi connectivity index (χ0n) is 17.2. The van der Waals surface area contributed by atoms with Gasteiger partial charge in [0.05, 0.1) is 16.3 Å². The summed E-state index contributed by atoms with van der Waals surface area (Å²) in [5, 5.41) is 2.14. The molecule has 6 heteroatoms. The SMILES string of the molecule is O=C1CCCC2=C1C(c1cccc3ccccc13)n1c(sc(=Cc3cccnc3)c1=O)=N2. The summed E-state index contributed by atoms with van der Waals surface area (Å²) in [5.74, 6) is 0.0921. The fourth-order valence-corrected chi connectivity index (χ4v) is 5.73. The molecular weight excluding hydrogens is 418 g/mol. The number of pyridine rings is 1. The molecule has 1 aliphatic carbocycles. The van der Waals surface area contributed by atoms with Crippen molar-refractivity contribution in [1.82, 2.24) is 9.55 Å². The van der Waals surface area contributed by atoms with Crippen LogP contribution >= 0.6 is 11.3 Å². The van der Waals surface area contributed by atoms with Crippen molar-refractivity contribution in [3.63, 3.8) is 0 Å². The topological polar surface area (TPSA) is 64.3 Å². The number of hydrogen-bond acceptors (Lipinski definition) is 5. The number of Topliss-reactive ketones (excluding diaryl/α,β-unsaturated/α-hetero) is 1.